The van der Waals surface area contributed by atoms with Crippen LogP contribution < -0.4 is 30.4 Å². The van der Waals surface area contributed by atoms with Crippen LogP contribution in [0.5, 0.6) is 17.2 Å². The number of hydrogen-bond acceptors (Lipinski definition) is 6. The fraction of sp³-hybridized carbons (Fsp3) is 0.150. The van der Waals surface area contributed by atoms with E-state index < -0.39 is 11.8 Å². The van der Waals surface area contributed by atoms with Crippen molar-refractivity contribution in [3.63, 3.8) is 0 Å². The zero-order valence-corrected chi connectivity index (χ0v) is 17.0. The van der Waals surface area contributed by atoms with Gasteiger partial charge in [-0.3, -0.25) is 25.8 Å². The lowest BCUT2D eigenvalue weighted by atomic mass is 10.2. The van der Waals surface area contributed by atoms with E-state index in [1.807, 2.05) is 0 Å². The summed E-state index contributed by atoms with van der Waals surface area (Å²) in [5.41, 5.74) is 6.02. The van der Waals surface area contributed by atoms with Crippen LogP contribution in [-0.4, -0.2) is 38.3 Å². The summed E-state index contributed by atoms with van der Waals surface area (Å²) in [6.07, 6.45) is 2.90. The molecule has 0 unspecified atom stereocenters. The van der Waals surface area contributed by atoms with Crippen LogP contribution in [0.1, 0.15) is 15.9 Å². The standard InChI is InChI=1S/C20H21N3O5S/c1-26-15-8-6-14(7-9-15)19(25)22-23-20(29)21-18(24)11-5-13-4-10-16(27-2)17(12-13)28-3/h4-12H,1-3H3,(H,22,25)(H2,21,23,24,29)/b11-5+. The van der Waals surface area contributed by atoms with Crippen LogP contribution in [0.2, 0.25) is 0 Å². The summed E-state index contributed by atoms with van der Waals surface area (Å²) >= 11 is 4.99. The molecule has 0 saturated heterocycles. The van der Waals surface area contributed by atoms with E-state index >= 15 is 0 Å². The number of ether oxygens (including phenoxy) is 3. The molecule has 8 nitrogen and oxygen atoms in total. The van der Waals surface area contributed by atoms with E-state index in [1.54, 1.807) is 55.7 Å². The molecule has 29 heavy (non-hydrogen) atoms. The molecule has 0 spiro atoms. The Labute approximate surface area is 173 Å². The molecule has 0 fully saturated rings. The smallest absolute Gasteiger partial charge is 0.269 e. The molecule has 2 aromatic carbocycles. The fourth-order valence-electron chi connectivity index (χ4n) is 2.24. The summed E-state index contributed by atoms with van der Waals surface area (Å²) in [4.78, 5) is 24.0. The molecule has 0 aliphatic rings. The van der Waals surface area contributed by atoms with E-state index in [9.17, 15) is 9.59 Å². The number of nitrogens with one attached hydrogen (secondary N) is 3. The maximum atomic E-state index is 12.0. The van der Waals surface area contributed by atoms with Gasteiger partial charge in [0.15, 0.2) is 16.6 Å². The van der Waals surface area contributed by atoms with Gasteiger partial charge in [-0.05, 0) is 60.3 Å². The highest BCUT2D eigenvalue weighted by molar-refractivity contribution is 7.80. The first-order valence-electron chi connectivity index (χ1n) is 8.42. The number of hydrazine groups is 1. The number of rotatable bonds is 6. The van der Waals surface area contributed by atoms with Crippen molar-refractivity contribution in [2.45, 2.75) is 0 Å². The summed E-state index contributed by atoms with van der Waals surface area (Å²) in [7, 11) is 4.61. The Balaban J connectivity index is 1.84. The molecular formula is C20H21N3O5S. The summed E-state index contributed by atoms with van der Waals surface area (Å²) in [6, 6.07) is 11.8. The van der Waals surface area contributed by atoms with E-state index in [1.165, 1.54) is 20.3 Å². The lowest BCUT2D eigenvalue weighted by Gasteiger charge is -2.10. The molecule has 0 aliphatic carbocycles. The second-order valence-corrected chi connectivity index (χ2v) is 5.98. The second kappa shape index (κ2) is 10.7. The molecule has 9 heteroatoms. The predicted octanol–water partition coefficient (Wildman–Crippen LogP) is 2.06. The van der Waals surface area contributed by atoms with Crippen molar-refractivity contribution in [3.8, 4) is 17.2 Å². The van der Waals surface area contributed by atoms with Crippen molar-refractivity contribution >= 4 is 35.2 Å². The fourth-order valence-corrected chi connectivity index (χ4v) is 2.39. The Hall–Kier alpha value is -3.59. The molecule has 0 radical (unpaired) electrons. The summed E-state index contributed by atoms with van der Waals surface area (Å²) in [5, 5.41) is 2.38. The number of carbonyl (C=O) groups excluding carboxylic acids is 2. The molecule has 0 saturated carbocycles. The van der Waals surface area contributed by atoms with Gasteiger partial charge in [-0.25, -0.2) is 0 Å². The maximum Gasteiger partial charge on any atom is 0.269 e. The van der Waals surface area contributed by atoms with Gasteiger partial charge in [-0.1, -0.05) is 6.07 Å². The summed E-state index contributed by atoms with van der Waals surface area (Å²) < 4.78 is 15.4. The molecule has 152 valence electrons. The third kappa shape index (κ3) is 6.51. The third-order valence-corrected chi connectivity index (χ3v) is 3.92. The molecule has 0 heterocycles. The minimum Gasteiger partial charge on any atom is -0.497 e. The van der Waals surface area contributed by atoms with Crippen molar-refractivity contribution in [3.05, 3.63) is 59.7 Å². The zero-order valence-electron chi connectivity index (χ0n) is 16.1. The Morgan fingerprint density at radius 3 is 2.21 bits per heavy atom. The highest BCUT2D eigenvalue weighted by atomic mass is 32.1. The third-order valence-electron chi connectivity index (χ3n) is 3.71. The average molecular weight is 415 g/mol. The van der Waals surface area contributed by atoms with Crippen LogP contribution >= 0.6 is 12.2 Å². The maximum absolute atomic E-state index is 12.0. The quantitative estimate of drug-likeness (QED) is 0.377. The minimum atomic E-state index is -0.462. The van der Waals surface area contributed by atoms with E-state index in [4.69, 9.17) is 26.4 Å². The van der Waals surface area contributed by atoms with Crippen LogP contribution in [0.3, 0.4) is 0 Å². The van der Waals surface area contributed by atoms with Crippen LogP contribution in [0.25, 0.3) is 6.08 Å². The van der Waals surface area contributed by atoms with Crippen molar-refractivity contribution in [1.29, 1.82) is 0 Å². The van der Waals surface area contributed by atoms with Crippen molar-refractivity contribution < 1.29 is 23.8 Å². The van der Waals surface area contributed by atoms with Crippen LogP contribution in [0.4, 0.5) is 0 Å². The topological polar surface area (TPSA) is 97.9 Å². The highest BCUT2D eigenvalue weighted by Gasteiger charge is 2.07. The van der Waals surface area contributed by atoms with Gasteiger partial charge in [0.2, 0.25) is 5.91 Å². The number of methoxy groups -OCH3 is 3. The second-order valence-electron chi connectivity index (χ2n) is 5.57. The van der Waals surface area contributed by atoms with Crippen molar-refractivity contribution in [1.82, 2.24) is 16.2 Å². The van der Waals surface area contributed by atoms with E-state index in [0.717, 1.165) is 5.56 Å². The molecule has 3 N–H and O–H groups in total. The molecule has 2 aromatic rings. The average Bonchev–Trinajstić information content (AvgIpc) is 2.75. The normalized spacial score (nSPS) is 10.2. The molecular weight excluding hydrogens is 394 g/mol. The van der Waals surface area contributed by atoms with Gasteiger partial charge >= 0.3 is 0 Å². The van der Waals surface area contributed by atoms with E-state index in [2.05, 4.69) is 16.2 Å². The lowest BCUT2D eigenvalue weighted by Crippen LogP contribution is -2.48. The number of benzene rings is 2. The van der Waals surface area contributed by atoms with Gasteiger partial charge in [0, 0.05) is 11.6 Å². The van der Waals surface area contributed by atoms with Gasteiger partial charge in [0.1, 0.15) is 5.75 Å². The first-order valence-corrected chi connectivity index (χ1v) is 8.83. The molecule has 2 rings (SSSR count). The van der Waals surface area contributed by atoms with Crippen LogP contribution in [0.15, 0.2) is 48.5 Å². The molecule has 0 aromatic heterocycles. The van der Waals surface area contributed by atoms with Gasteiger partial charge < -0.3 is 14.2 Å². The highest BCUT2D eigenvalue weighted by Crippen LogP contribution is 2.27. The van der Waals surface area contributed by atoms with Gasteiger partial charge in [0.05, 0.1) is 21.3 Å². The number of amides is 2. The SMILES string of the molecule is COc1ccc(C(=O)NNC(=S)NC(=O)/C=C/c2ccc(OC)c(OC)c2)cc1. The Morgan fingerprint density at radius 1 is 0.897 bits per heavy atom. The first kappa shape index (κ1) is 21.7. The van der Waals surface area contributed by atoms with Crippen molar-refractivity contribution in [2.75, 3.05) is 21.3 Å². The molecule has 0 bridgehead atoms. The summed E-state index contributed by atoms with van der Waals surface area (Å²) in [5.74, 6) is 0.903. The molecule has 2 amide bonds. The Kier molecular flexibility index (Phi) is 7.99. The lowest BCUT2D eigenvalue weighted by molar-refractivity contribution is -0.115. The van der Waals surface area contributed by atoms with Gasteiger partial charge in [0.25, 0.3) is 5.91 Å². The van der Waals surface area contributed by atoms with Gasteiger partial charge in [-0.15, -0.1) is 0 Å². The Morgan fingerprint density at radius 2 is 1.59 bits per heavy atom. The number of thiocarbonyl (C=S) groups is 1. The minimum absolute atomic E-state index is 0.0474. The summed E-state index contributed by atoms with van der Waals surface area (Å²) in [6.45, 7) is 0. The molecule has 0 aliphatic heterocycles. The first-order chi connectivity index (χ1) is 14.0. The zero-order chi connectivity index (χ0) is 21.2. The largest absolute Gasteiger partial charge is 0.497 e. The monoisotopic (exact) mass is 415 g/mol. The van der Waals surface area contributed by atoms with Gasteiger partial charge in [-0.2, -0.15) is 0 Å². The number of carbonyl (C=O) groups is 2. The molecule has 0 atom stereocenters. The van der Waals surface area contributed by atoms with Crippen molar-refractivity contribution in [2.24, 2.45) is 0 Å². The van der Waals surface area contributed by atoms with E-state index in [-0.39, 0.29) is 5.11 Å². The number of hydrogen-bond donors (Lipinski definition) is 3. The van der Waals surface area contributed by atoms with Crippen LogP contribution in [-0.2, 0) is 4.79 Å². The predicted molar refractivity (Wildman–Crippen MR) is 113 cm³/mol. The Bertz CT molecular complexity index is 913. The van der Waals surface area contributed by atoms with E-state index in [0.29, 0.717) is 22.8 Å². The van der Waals surface area contributed by atoms with Crippen LogP contribution in [0, 0.1) is 0 Å².